The molecule has 0 aliphatic rings. The second-order valence-corrected chi connectivity index (χ2v) is 6.33. The van der Waals surface area contributed by atoms with Gasteiger partial charge in [-0.25, -0.2) is 14.0 Å². The highest BCUT2D eigenvalue weighted by Crippen LogP contribution is 2.48. The fourth-order valence-corrected chi connectivity index (χ4v) is 2.88. The van der Waals surface area contributed by atoms with E-state index in [1.165, 1.54) is 6.92 Å². The average molecular weight is 310 g/mol. The highest BCUT2D eigenvalue weighted by atomic mass is 35.7. The minimum absolute atomic E-state index is 0.303. The van der Waals surface area contributed by atoms with Crippen molar-refractivity contribution in [1.82, 2.24) is 5.09 Å². The van der Waals surface area contributed by atoms with Gasteiger partial charge >= 0.3 is 12.8 Å². The number of ether oxygens (including phenoxy) is 1. The largest absolute Gasteiger partial charge is 0.462 e. The summed E-state index contributed by atoms with van der Waals surface area (Å²) >= 11 is 5.68. The third kappa shape index (κ3) is 6.05. The van der Waals surface area contributed by atoms with Crippen molar-refractivity contribution in [2.24, 2.45) is 0 Å². The molecule has 0 heterocycles. The van der Waals surface area contributed by atoms with Gasteiger partial charge in [0.15, 0.2) is 0 Å². The van der Waals surface area contributed by atoms with Crippen LogP contribution in [0.25, 0.3) is 0 Å². The van der Waals surface area contributed by atoms with Crippen molar-refractivity contribution in [3.8, 4) is 5.75 Å². The van der Waals surface area contributed by atoms with Crippen LogP contribution < -0.4 is 9.61 Å². The number of hydrogen-bond acceptors (Lipinski definition) is 4. The van der Waals surface area contributed by atoms with Crippen LogP contribution in [0, 0.1) is 0 Å². The Kier molecular flexibility index (Phi) is 6.28. The molecule has 1 unspecified atom stereocenters. The molecule has 0 aliphatic heterocycles. The summed E-state index contributed by atoms with van der Waals surface area (Å²) in [5.41, 5.74) is 0. The van der Waals surface area contributed by atoms with Gasteiger partial charge in [-0.3, -0.25) is 4.79 Å². The van der Waals surface area contributed by atoms with Crippen LogP contribution >= 0.6 is 18.1 Å². The van der Waals surface area contributed by atoms with E-state index in [1.807, 2.05) is 0 Å². The first-order valence-electron chi connectivity index (χ1n) is 5.49. The van der Waals surface area contributed by atoms with E-state index >= 15 is 0 Å². The number of rotatable bonds is 7. The molecule has 1 N–H and O–H groups in total. The lowest BCUT2D eigenvalue weighted by molar-refractivity contribution is -0.145. The van der Waals surface area contributed by atoms with Gasteiger partial charge in [0, 0.05) is 11.2 Å². The molecule has 0 fully saturated rings. The molecule has 2 atom stereocenters. The Morgan fingerprint density at radius 1 is 1.47 bits per heavy atom. The van der Waals surface area contributed by atoms with E-state index in [2.05, 4.69) is 9.82 Å². The second kappa shape index (κ2) is 7.48. The van der Waals surface area contributed by atoms with Crippen LogP contribution in [0.1, 0.15) is 6.92 Å². The topological polar surface area (TPSA) is 64.6 Å². The molecule has 1 aromatic carbocycles. The Morgan fingerprint density at radius 3 is 2.68 bits per heavy atom. The summed E-state index contributed by atoms with van der Waals surface area (Å²) in [6.07, 6.45) is 0. The first kappa shape index (κ1) is 16.0. The zero-order valence-electron chi connectivity index (χ0n) is 10.2. The van der Waals surface area contributed by atoms with Gasteiger partial charge in [-0.1, -0.05) is 18.2 Å². The zero-order chi connectivity index (χ0) is 14.3. The third-order valence-corrected chi connectivity index (χ3v) is 3.63. The molecule has 0 saturated heterocycles. The second-order valence-electron chi connectivity index (χ2n) is 3.59. The van der Waals surface area contributed by atoms with Crippen molar-refractivity contribution in [3.05, 3.63) is 30.3 Å². The van der Waals surface area contributed by atoms with Gasteiger partial charge in [-0.15, -0.1) is 0 Å². The molecule has 1 rings (SSSR count). The highest BCUT2D eigenvalue weighted by Gasteiger charge is 2.27. The number of carbonyl (C=O) groups excluding carboxylic acids is 1. The quantitative estimate of drug-likeness (QED) is 0.620. The van der Waals surface area contributed by atoms with E-state index in [-0.39, 0.29) is 6.61 Å². The van der Waals surface area contributed by atoms with E-state index in [0.717, 1.165) is 0 Å². The van der Waals surface area contributed by atoms with Gasteiger partial charge < -0.3 is 9.26 Å². The first-order valence-corrected chi connectivity index (χ1v) is 8.02. The Balaban J connectivity index is 2.54. The molecule has 0 radical (unpaired) electrons. The van der Waals surface area contributed by atoms with Crippen LogP contribution in [-0.2, 0) is 14.1 Å². The lowest BCUT2D eigenvalue weighted by Crippen LogP contribution is -2.33. The van der Waals surface area contributed by atoms with Gasteiger partial charge in [0.1, 0.15) is 25.1 Å². The van der Waals surface area contributed by atoms with Crippen molar-refractivity contribution < 1.29 is 23.0 Å². The molecule has 5 nitrogen and oxygen atoms in total. The molecule has 0 aromatic heterocycles. The van der Waals surface area contributed by atoms with E-state index in [4.69, 9.17) is 15.8 Å². The summed E-state index contributed by atoms with van der Waals surface area (Å²) in [6.45, 7) is -3.47. The minimum atomic E-state index is -3.73. The molecule has 106 valence electrons. The molecular formula is C11H14ClFNO4P. The number of benzene rings is 1. The van der Waals surface area contributed by atoms with Crippen LogP contribution in [-0.4, -0.2) is 25.3 Å². The van der Waals surface area contributed by atoms with E-state index in [1.54, 1.807) is 30.3 Å². The van der Waals surface area contributed by atoms with E-state index in [9.17, 15) is 13.8 Å². The smallest absolute Gasteiger partial charge is 0.409 e. The fourth-order valence-electron chi connectivity index (χ4n) is 1.19. The van der Waals surface area contributed by atoms with Crippen LogP contribution in [0.15, 0.2) is 30.3 Å². The first-order chi connectivity index (χ1) is 8.94. The van der Waals surface area contributed by atoms with Crippen LogP contribution in [0.4, 0.5) is 4.39 Å². The van der Waals surface area contributed by atoms with E-state index < -0.39 is 25.6 Å². The van der Waals surface area contributed by atoms with Crippen molar-refractivity contribution in [1.29, 1.82) is 0 Å². The Labute approximate surface area is 115 Å². The maximum Gasteiger partial charge on any atom is 0.409 e. The predicted molar refractivity (Wildman–Crippen MR) is 70.1 cm³/mol. The highest BCUT2D eigenvalue weighted by molar-refractivity contribution is 7.84. The summed E-state index contributed by atoms with van der Waals surface area (Å²) in [5.74, 6) is -0.451. The molecule has 19 heavy (non-hydrogen) atoms. The normalized spacial score (nSPS) is 15.3. The number of alkyl halides is 1. The number of hydrogen-bond donors (Lipinski definition) is 1. The molecule has 0 saturated carbocycles. The summed E-state index contributed by atoms with van der Waals surface area (Å²) < 4.78 is 33.4. The molecule has 0 bridgehead atoms. The predicted octanol–water partition coefficient (Wildman–Crippen LogP) is 2.90. The van der Waals surface area contributed by atoms with Crippen molar-refractivity contribution in [3.63, 3.8) is 0 Å². The number of esters is 1. The zero-order valence-corrected chi connectivity index (χ0v) is 11.9. The van der Waals surface area contributed by atoms with Crippen molar-refractivity contribution in [2.45, 2.75) is 13.0 Å². The lowest BCUT2D eigenvalue weighted by Gasteiger charge is -2.17. The molecule has 8 heteroatoms. The van der Waals surface area contributed by atoms with Crippen LogP contribution in [0.5, 0.6) is 5.75 Å². The van der Waals surface area contributed by atoms with Crippen LogP contribution in [0.2, 0.25) is 0 Å². The lowest BCUT2D eigenvalue weighted by atomic mass is 10.3. The van der Waals surface area contributed by atoms with Gasteiger partial charge in [0.25, 0.3) is 0 Å². The SMILES string of the molecule is C[C@H](NP(=O)(Cl)Oc1ccccc1)C(=O)OCCF. The van der Waals surface area contributed by atoms with Crippen LogP contribution in [0.3, 0.4) is 0 Å². The van der Waals surface area contributed by atoms with Gasteiger partial charge in [-0.2, -0.15) is 0 Å². The van der Waals surface area contributed by atoms with Gasteiger partial charge in [0.2, 0.25) is 0 Å². The summed E-state index contributed by atoms with van der Waals surface area (Å²) in [7, 11) is 0. The third-order valence-electron chi connectivity index (χ3n) is 1.99. The Hall–Kier alpha value is -1.10. The summed E-state index contributed by atoms with van der Waals surface area (Å²) in [4.78, 5) is 11.3. The molecular weight excluding hydrogens is 296 g/mol. The number of nitrogens with one attached hydrogen (secondary N) is 1. The molecule has 1 aromatic rings. The van der Waals surface area contributed by atoms with Crippen molar-refractivity contribution in [2.75, 3.05) is 13.3 Å². The monoisotopic (exact) mass is 309 g/mol. The average Bonchev–Trinajstić information content (AvgIpc) is 2.35. The number of halogens is 2. The molecule has 0 spiro atoms. The fraction of sp³-hybridized carbons (Fsp3) is 0.364. The number of para-hydroxylation sites is 1. The van der Waals surface area contributed by atoms with Gasteiger partial charge in [-0.05, 0) is 19.1 Å². The molecule has 0 aliphatic carbocycles. The Morgan fingerprint density at radius 2 is 2.11 bits per heavy atom. The van der Waals surface area contributed by atoms with E-state index in [0.29, 0.717) is 5.75 Å². The minimum Gasteiger partial charge on any atom is -0.462 e. The summed E-state index contributed by atoms with van der Waals surface area (Å²) in [6, 6.07) is 7.30. The summed E-state index contributed by atoms with van der Waals surface area (Å²) in [5, 5.41) is 2.32. The number of carbonyl (C=O) groups is 1. The molecule has 0 amide bonds. The standard InChI is InChI=1S/C11H14ClFNO4P/c1-9(11(15)17-8-7-13)14-19(12,16)18-10-5-3-2-4-6-10/h2-6,9H,7-8H2,1H3,(H,14,16)/t9-,19?/m0/s1. The van der Waals surface area contributed by atoms with Gasteiger partial charge in [0.05, 0.1) is 0 Å². The Bertz CT molecular complexity index is 459. The maximum absolute atomic E-state index is 11.9. The van der Waals surface area contributed by atoms with Crippen molar-refractivity contribution >= 4 is 24.1 Å². The maximum atomic E-state index is 11.9.